The minimum atomic E-state index is -3.35. The van der Waals surface area contributed by atoms with Crippen LogP contribution in [0.2, 0.25) is 0 Å². The number of aryl methyl sites for hydroxylation is 1. The summed E-state index contributed by atoms with van der Waals surface area (Å²) < 4.78 is 47.3. The fraction of sp³-hybridized carbons (Fsp3) is 0.414. The molecule has 0 bridgehead atoms. The zero-order chi connectivity index (χ0) is 32.4. The van der Waals surface area contributed by atoms with Crippen LogP contribution in [0, 0.1) is 6.92 Å². The van der Waals surface area contributed by atoms with Crippen LogP contribution >= 0.6 is 0 Å². The van der Waals surface area contributed by atoms with Crippen molar-refractivity contribution in [1.29, 1.82) is 0 Å². The van der Waals surface area contributed by atoms with Crippen molar-refractivity contribution < 1.29 is 32.5 Å². The minimum Gasteiger partial charge on any atom is -0.465 e. The van der Waals surface area contributed by atoms with Gasteiger partial charge < -0.3 is 20.6 Å². The van der Waals surface area contributed by atoms with E-state index in [1.165, 1.54) is 38.3 Å². The van der Waals surface area contributed by atoms with E-state index < -0.39 is 39.1 Å². The van der Waals surface area contributed by atoms with E-state index >= 15 is 0 Å². The average Bonchev–Trinajstić information content (AvgIpc) is 3.26. The third-order valence-electron chi connectivity index (χ3n) is 7.32. The van der Waals surface area contributed by atoms with Crippen molar-refractivity contribution in [3.63, 3.8) is 0 Å². The summed E-state index contributed by atoms with van der Waals surface area (Å²) in [5.74, 6) is -4.02. The zero-order valence-electron chi connectivity index (χ0n) is 25.1. The number of carbonyl (C=O) groups excluding carboxylic acids is 2. The van der Waals surface area contributed by atoms with Gasteiger partial charge in [-0.1, -0.05) is 6.07 Å². The van der Waals surface area contributed by atoms with Crippen LogP contribution in [0.5, 0.6) is 0 Å². The second kappa shape index (κ2) is 12.3. The number of anilines is 2. The molecule has 3 heterocycles. The van der Waals surface area contributed by atoms with E-state index in [1.807, 2.05) is 5.32 Å². The molecular weight excluding hydrogens is 596 g/mol. The predicted molar refractivity (Wildman–Crippen MR) is 162 cm³/mol. The fourth-order valence-electron chi connectivity index (χ4n) is 4.88. The van der Waals surface area contributed by atoms with Crippen LogP contribution in [-0.4, -0.2) is 72.8 Å². The van der Waals surface area contributed by atoms with Gasteiger partial charge in [-0.25, -0.2) is 22.8 Å². The van der Waals surface area contributed by atoms with E-state index in [-0.39, 0.29) is 47.8 Å². The molecule has 1 saturated heterocycles. The monoisotopic (exact) mass is 631 g/mol. The first-order chi connectivity index (χ1) is 20.5. The molecule has 44 heavy (non-hydrogen) atoms. The van der Waals surface area contributed by atoms with Gasteiger partial charge in [0.15, 0.2) is 0 Å². The third-order valence-corrected chi connectivity index (χ3v) is 8.96. The number of hydrogen-bond donors (Lipinski definition) is 3. The Kier molecular flexibility index (Phi) is 9.09. The lowest BCUT2D eigenvalue weighted by Gasteiger charge is -2.26. The Labute approximate surface area is 254 Å². The fourth-order valence-corrected chi connectivity index (χ4v) is 6.20. The number of halogens is 2. The summed E-state index contributed by atoms with van der Waals surface area (Å²) in [6, 6.07) is 5.98. The highest BCUT2D eigenvalue weighted by Crippen LogP contribution is 2.34. The van der Waals surface area contributed by atoms with Gasteiger partial charge in [0.05, 0.1) is 21.5 Å². The number of hydrogen-bond acceptors (Lipinski definition) is 7. The quantitative estimate of drug-likeness (QED) is 0.339. The van der Waals surface area contributed by atoms with Crippen molar-refractivity contribution in [3.05, 3.63) is 54.0 Å². The van der Waals surface area contributed by atoms with Crippen molar-refractivity contribution in [2.24, 2.45) is 11.4 Å². The number of nitrogens with one attached hydrogen (secondary N) is 2. The second-order valence-corrected chi connectivity index (χ2v) is 13.6. The Morgan fingerprint density at radius 3 is 2.55 bits per heavy atom. The zero-order valence-corrected chi connectivity index (χ0v) is 25.9. The van der Waals surface area contributed by atoms with Crippen molar-refractivity contribution in [2.45, 2.75) is 56.4 Å². The van der Waals surface area contributed by atoms with E-state index in [4.69, 9.17) is 5.11 Å². The molecule has 236 valence electrons. The van der Waals surface area contributed by atoms with Gasteiger partial charge in [-0.15, -0.1) is 0 Å². The van der Waals surface area contributed by atoms with Gasteiger partial charge in [-0.05, 0) is 51.0 Å². The van der Waals surface area contributed by atoms with Gasteiger partial charge in [0, 0.05) is 73.3 Å². The topological polar surface area (TPSA) is 159 Å². The molecule has 3 amide bonds. The van der Waals surface area contributed by atoms with Crippen LogP contribution in [0.4, 0.5) is 25.1 Å². The van der Waals surface area contributed by atoms with Crippen LogP contribution in [0.25, 0.3) is 11.1 Å². The Morgan fingerprint density at radius 1 is 1.16 bits per heavy atom. The average molecular weight is 632 g/mol. The summed E-state index contributed by atoms with van der Waals surface area (Å²) in [5.41, 5.74) is 0.758. The minimum absolute atomic E-state index is 0.0158. The largest absolute Gasteiger partial charge is 0.465 e. The van der Waals surface area contributed by atoms with Crippen LogP contribution in [0.15, 0.2) is 52.1 Å². The summed E-state index contributed by atoms with van der Waals surface area (Å²) in [6.07, 6.45) is 4.43. The molecule has 0 spiro atoms. The lowest BCUT2D eigenvalue weighted by Crippen LogP contribution is -2.48. The number of carbonyl (C=O) groups is 3. The molecule has 1 aliphatic heterocycles. The maximum absolute atomic E-state index is 14.2. The predicted octanol–water partition coefficient (Wildman–Crippen LogP) is 4.70. The number of amides is 3. The molecular formula is C29H35F2N7O5S. The molecule has 12 nitrogen and oxygen atoms in total. The van der Waals surface area contributed by atoms with Gasteiger partial charge in [0.2, 0.25) is 5.92 Å². The van der Waals surface area contributed by atoms with Gasteiger partial charge >= 0.3 is 6.09 Å². The molecule has 4 rings (SSSR count). The highest BCUT2D eigenvalue weighted by atomic mass is 32.2. The summed E-state index contributed by atoms with van der Waals surface area (Å²) >= 11 is 0. The van der Waals surface area contributed by atoms with Crippen molar-refractivity contribution >= 4 is 39.1 Å². The van der Waals surface area contributed by atoms with Gasteiger partial charge in [-0.2, -0.15) is 9.46 Å². The molecule has 1 fully saturated rings. The number of pyridine rings is 1. The SMILES string of the molecule is Cc1c(-c2cnn(C)c2)cnc(N2CCCC(F)(F)CC2)c1C(=O)Nc1cccc(S(C)(=O)=NC(=O)C(C)(C)NC(=O)O)c1. The van der Waals surface area contributed by atoms with Crippen molar-refractivity contribution in [2.75, 3.05) is 29.6 Å². The number of benzene rings is 1. The molecule has 3 N–H and O–H groups in total. The number of rotatable bonds is 7. The van der Waals surface area contributed by atoms with E-state index in [0.29, 0.717) is 17.7 Å². The smallest absolute Gasteiger partial charge is 0.405 e. The highest BCUT2D eigenvalue weighted by Gasteiger charge is 2.34. The highest BCUT2D eigenvalue weighted by molar-refractivity contribution is 7.93. The number of nitrogens with zero attached hydrogens (tertiary/aromatic N) is 5. The van der Waals surface area contributed by atoms with E-state index in [0.717, 1.165) is 5.56 Å². The molecule has 0 aliphatic carbocycles. The van der Waals surface area contributed by atoms with Gasteiger partial charge in [0.25, 0.3) is 11.8 Å². The number of aromatic nitrogens is 3. The molecule has 1 aliphatic rings. The Bertz CT molecular complexity index is 1730. The lowest BCUT2D eigenvalue weighted by atomic mass is 9.99. The van der Waals surface area contributed by atoms with E-state index in [2.05, 4.69) is 19.8 Å². The normalized spacial score (nSPS) is 16.4. The molecule has 3 aromatic rings. The Morgan fingerprint density at radius 2 is 1.89 bits per heavy atom. The molecule has 2 aromatic heterocycles. The Balaban J connectivity index is 1.71. The lowest BCUT2D eigenvalue weighted by molar-refractivity contribution is -0.122. The summed E-state index contributed by atoms with van der Waals surface area (Å²) in [7, 11) is -1.59. The maximum atomic E-state index is 14.2. The third kappa shape index (κ3) is 7.38. The molecule has 0 radical (unpaired) electrons. The molecule has 1 aromatic carbocycles. The summed E-state index contributed by atoms with van der Waals surface area (Å²) in [4.78, 5) is 44.0. The molecule has 1 unspecified atom stereocenters. The first-order valence-electron chi connectivity index (χ1n) is 13.8. The summed E-state index contributed by atoms with van der Waals surface area (Å²) in [5, 5.41) is 18.1. The van der Waals surface area contributed by atoms with E-state index in [9.17, 15) is 27.4 Å². The number of alkyl halides is 2. The van der Waals surface area contributed by atoms with Crippen molar-refractivity contribution in [3.8, 4) is 11.1 Å². The molecule has 0 saturated carbocycles. The van der Waals surface area contributed by atoms with Crippen molar-refractivity contribution in [1.82, 2.24) is 20.1 Å². The van der Waals surface area contributed by atoms with Crippen LogP contribution in [-0.2, 0) is 21.6 Å². The number of carboxylic acid groups (broad SMARTS) is 1. The Hall–Kier alpha value is -4.40. The van der Waals surface area contributed by atoms with Gasteiger partial charge in [-0.3, -0.25) is 14.3 Å². The first-order valence-corrected chi connectivity index (χ1v) is 15.7. The summed E-state index contributed by atoms with van der Waals surface area (Å²) in [6.45, 7) is 4.67. The van der Waals surface area contributed by atoms with Crippen LogP contribution < -0.4 is 15.5 Å². The second-order valence-electron chi connectivity index (χ2n) is 11.3. The first kappa shape index (κ1) is 32.5. The van der Waals surface area contributed by atoms with Crippen LogP contribution in [0.1, 0.15) is 49.0 Å². The van der Waals surface area contributed by atoms with Gasteiger partial charge in [0.1, 0.15) is 11.4 Å². The standard InChI is InChI=1S/C29H35F2N7O5S/c1-18-22(19-15-33-37(4)17-19)16-32-24(38-12-7-10-29(30,31)11-13-38)23(18)25(39)34-20-8-6-9-21(14-20)44(5,43)36-26(40)28(2,3)35-27(41)42/h6,8-9,14-17,35H,7,10-13H2,1-5H3,(H,34,39)(H,41,42). The molecule has 1 atom stereocenters. The molecule has 15 heteroatoms. The van der Waals surface area contributed by atoms with Crippen LogP contribution in [0.3, 0.4) is 0 Å². The van der Waals surface area contributed by atoms with E-state index in [1.54, 1.807) is 48.2 Å². The maximum Gasteiger partial charge on any atom is 0.405 e.